The highest BCUT2D eigenvalue weighted by atomic mass is 16.5. The summed E-state index contributed by atoms with van der Waals surface area (Å²) in [5, 5.41) is 13.4. The lowest BCUT2D eigenvalue weighted by atomic mass is 10.1. The minimum Gasteiger partial charge on any atom is -0.493 e. The molecule has 2 atom stereocenters. The van der Waals surface area contributed by atoms with Crippen molar-refractivity contribution in [2.45, 2.75) is 32.0 Å². The molecule has 2 aromatic rings. The first-order valence-electron chi connectivity index (χ1n) is 7.29. The molecule has 2 rings (SSSR count). The number of aliphatic hydroxyl groups is 1. The summed E-state index contributed by atoms with van der Waals surface area (Å²) >= 11 is 0. The molecule has 120 valence electrons. The van der Waals surface area contributed by atoms with Gasteiger partial charge in [0, 0.05) is 12.6 Å². The maximum atomic E-state index is 10.1. The Kier molecular flexibility index (Phi) is 5.86. The normalized spacial score (nSPS) is 13.6. The molecule has 5 nitrogen and oxygen atoms in total. The van der Waals surface area contributed by atoms with E-state index < -0.39 is 6.10 Å². The molecular formula is C17H23NO4. The number of furan rings is 1. The van der Waals surface area contributed by atoms with Crippen LogP contribution < -0.4 is 14.8 Å². The Morgan fingerprint density at radius 2 is 1.95 bits per heavy atom. The molecule has 0 spiro atoms. The Morgan fingerprint density at radius 3 is 2.59 bits per heavy atom. The minimum absolute atomic E-state index is 0.146. The fraction of sp³-hybridized carbons (Fsp3) is 0.412. The molecule has 0 saturated carbocycles. The van der Waals surface area contributed by atoms with Crippen LogP contribution >= 0.6 is 0 Å². The van der Waals surface area contributed by atoms with Gasteiger partial charge in [0.1, 0.15) is 11.9 Å². The number of nitrogens with one attached hydrogen (secondary N) is 1. The van der Waals surface area contributed by atoms with Gasteiger partial charge < -0.3 is 24.3 Å². The highest BCUT2D eigenvalue weighted by Crippen LogP contribution is 2.27. The first-order valence-corrected chi connectivity index (χ1v) is 7.29. The number of methoxy groups -OCH3 is 2. The fourth-order valence-electron chi connectivity index (χ4n) is 2.30. The van der Waals surface area contributed by atoms with Crippen molar-refractivity contribution in [1.29, 1.82) is 0 Å². The van der Waals surface area contributed by atoms with Crippen molar-refractivity contribution in [1.82, 2.24) is 5.32 Å². The van der Waals surface area contributed by atoms with Crippen molar-refractivity contribution in [3.8, 4) is 11.5 Å². The Hall–Kier alpha value is -1.98. The molecule has 5 heteroatoms. The van der Waals surface area contributed by atoms with Gasteiger partial charge in [-0.3, -0.25) is 0 Å². The third-order valence-corrected chi connectivity index (χ3v) is 3.55. The zero-order valence-electron chi connectivity index (χ0n) is 13.2. The average Bonchev–Trinajstić information content (AvgIpc) is 3.07. The summed E-state index contributed by atoms with van der Waals surface area (Å²) in [7, 11) is 3.24. The lowest BCUT2D eigenvalue weighted by Gasteiger charge is -2.17. The number of hydrogen-bond acceptors (Lipinski definition) is 5. The molecule has 2 N–H and O–H groups in total. The zero-order chi connectivity index (χ0) is 15.9. The SMILES string of the molecule is COc1ccc(CNC(C)CC(O)c2ccco2)cc1OC. The van der Waals surface area contributed by atoms with Crippen LogP contribution in [0.2, 0.25) is 0 Å². The average molecular weight is 305 g/mol. The van der Waals surface area contributed by atoms with E-state index >= 15 is 0 Å². The highest BCUT2D eigenvalue weighted by Gasteiger charge is 2.14. The summed E-state index contributed by atoms with van der Waals surface area (Å²) < 4.78 is 15.7. The van der Waals surface area contributed by atoms with E-state index in [4.69, 9.17) is 13.9 Å². The summed E-state index contributed by atoms with van der Waals surface area (Å²) in [5.41, 5.74) is 1.09. The third-order valence-electron chi connectivity index (χ3n) is 3.55. The summed E-state index contributed by atoms with van der Waals surface area (Å²) in [6.45, 7) is 2.72. The molecule has 22 heavy (non-hydrogen) atoms. The second-order valence-electron chi connectivity index (χ2n) is 5.24. The largest absolute Gasteiger partial charge is 0.493 e. The summed E-state index contributed by atoms with van der Waals surface area (Å²) in [6.07, 6.45) is 1.56. The molecule has 0 amide bonds. The van der Waals surface area contributed by atoms with Gasteiger partial charge in [-0.2, -0.15) is 0 Å². The lowest BCUT2D eigenvalue weighted by molar-refractivity contribution is 0.128. The van der Waals surface area contributed by atoms with Crippen molar-refractivity contribution in [2.24, 2.45) is 0 Å². The van der Waals surface area contributed by atoms with Crippen LogP contribution in [0.1, 0.15) is 30.8 Å². The second-order valence-corrected chi connectivity index (χ2v) is 5.24. The Bertz CT molecular complexity index is 568. The van der Waals surface area contributed by atoms with Crippen molar-refractivity contribution < 1.29 is 19.0 Å². The second kappa shape index (κ2) is 7.87. The van der Waals surface area contributed by atoms with Crippen molar-refractivity contribution in [2.75, 3.05) is 14.2 Å². The third kappa shape index (κ3) is 4.26. The fourth-order valence-corrected chi connectivity index (χ4v) is 2.30. The van der Waals surface area contributed by atoms with Crippen LogP contribution in [-0.4, -0.2) is 25.4 Å². The highest BCUT2D eigenvalue weighted by molar-refractivity contribution is 5.42. The number of rotatable bonds is 8. The van der Waals surface area contributed by atoms with Gasteiger partial charge in [-0.15, -0.1) is 0 Å². The van der Waals surface area contributed by atoms with Crippen LogP contribution in [0.4, 0.5) is 0 Å². The number of aliphatic hydroxyl groups excluding tert-OH is 1. The predicted octanol–water partition coefficient (Wildman–Crippen LogP) is 2.90. The molecule has 0 aliphatic rings. The monoisotopic (exact) mass is 305 g/mol. The van der Waals surface area contributed by atoms with Gasteiger partial charge in [0.2, 0.25) is 0 Å². The van der Waals surface area contributed by atoms with E-state index in [0.717, 1.165) is 5.56 Å². The van der Waals surface area contributed by atoms with Gasteiger partial charge in [-0.25, -0.2) is 0 Å². The van der Waals surface area contributed by atoms with E-state index in [1.165, 1.54) is 0 Å². The van der Waals surface area contributed by atoms with E-state index in [1.54, 1.807) is 32.6 Å². The zero-order valence-corrected chi connectivity index (χ0v) is 13.2. The molecule has 0 radical (unpaired) electrons. The van der Waals surface area contributed by atoms with E-state index in [0.29, 0.717) is 30.2 Å². The van der Waals surface area contributed by atoms with Crippen LogP contribution in [0.15, 0.2) is 41.0 Å². The molecule has 0 bridgehead atoms. The van der Waals surface area contributed by atoms with Gasteiger partial charge in [-0.1, -0.05) is 6.07 Å². The Labute approximate surface area is 130 Å². The Morgan fingerprint density at radius 1 is 1.18 bits per heavy atom. The van der Waals surface area contributed by atoms with Gasteiger partial charge >= 0.3 is 0 Å². The molecule has 0 aliphatic carbocycles. The molecule has 1 heterocycles. The summed E-state index contributed by atoms with van der Waals surface area (Å²) in [6, 6.07) is 9.53. The van der Waals surface area contributed by atoms with Crippen LogP contribution in [0.25, 0.3) is 0 Å². The van der Waals surface area contributed by atoms with Crippen LogP contribution in [0.5, 0.6) is 11.5 Å². The Balaban J connectivity index is 1.87. The molecule has 2 unspecified atom stereocenters. The van der Waals surface area contributed by atoms with Crippen LogP contribution in [0.3, 0.4) is 0 Å². The van der Waals surface area contributed by atoms with E-state index in [1.807, 2.05) is 25.1 Å². The van der Waals surface area contributed by atoms with Gasteiger partial charge in [0.25, 0.3) is 0 Å². The van der Waals surface area contributed by atoms with Gasteiger partial charge in [0.05, 0.1) is 20.5 Å². The topological polar surface area (TPSA) is 63.9 Å². The van der Waals surface area contributed by atoms with Gasteiger partial charge in [0.15, 0.2) is 11.5 Å². The first kappa shape index (κ1) is 16.4. The number of ether oxygens (including phenoxy) is 2. The smallest absolute Gasteiger partial charge is 0.161 e. The van der Waals surface area contributed by atoms with Crippen molar-refractivity contribution >= 4 is 0 Å². The molecule has 1 aromatic heterocycles. The van der Waals surface area contributed by atoms with E-state index in [9.17, 15) is 5.11 Å². The van der Waals surface area contributed by atoms with Crippen molar-refractivity contribution in [3.05, 3.63) is 47.9 Å². The molecule has 0 aliphatic heterocycles. The molecule has 1 aromatic carbocycles. The van der Waals surface area contributed by atoms with E-state index in [-0.39, 0.29) is 6.04 Å². The lowest BCUT2D eigenvalue weighted by Crippen LogP contribution is -2.27. The number of benzene rings is 1. The minimum atomic E-state index is -0.595. The first-order chi connectivity index (χ1) is 10.6. The molecule has 0 fully saturated rings. The standard InChI is InChI=1S/C17H23NO4/c1-12(9-14(19)15-5-4-8-22-15)18-11-13-6-7-16(20-2)17(10-13)21-3/h4-8,10,12,14,18-19H,9,11H2,1-3H3. The van der Waals surface area contributed by atoms with Crippen molar-refractivity contribution in [3.63, 3.8) is 0 Å². The predicted molar refractivity (Wildman–Crippen MR) is 84.1 cm³/mol. The quantitative estimate of drug-likeness (QED) is 0.785. The molecule has 0 saturated heterocycles. The summed E-state index contributed by atoms with van der Waals surface area (Å²) in [5.74, 6) is 2.03. The number of hydrogen-bond donors (Lipinski definition) is 2. The molecular weight excluding hydrogens is 282 g/mol. The summed E-state index contributed by atoms with van der Waals surface area (Å²) in [4.78, 5) is 0. The maximum absolute atomic E-state index is 10.1. The van der Waals surface area contributed by atoms with E-state index in [2.05, 4.69) is 5.32 Å². The van der Waals surface area contributed by atoms with Crippen LogP contribution in [-0.2, 0) is 6.54 Å². The maximum Gasteiger partial charge on any atom is 0.161 e. The van der Waals surface area contributed by atoms with Gasteiger partial charge in [-0.05, 0) is 43.2 Å². The van der Waals surface area contributed by atoms with Crippen LogP contribution in [0, 0.1) is 0 Å².